The van der Waals surface area contributed by atoms with Crippen LogP contribution in [0.25, 0.3) is 0 Å². The van der Waals surface area contributed by atoms with Gasteiger partial charge >= 0.3 is 0 Å². The van der Waals surface area contributed by atoms with Crippen molar-refractivity contribution in [3.63, 3.8) is 0 Å². The van der Waals surface area contributed by atoms with Crippen LogP contribution in [-0.4, -0.2) is 35.1 Å². The minimum atomic E-state index is -0.418. The van der Waals surface area contributed by atoms with Crippen molar-refractivity contribution in [2.45, 2.75) is 44.1 Å². The van der Waals surface area contributed by atoms with Gasteiger partial charge in [0.1, 0.15) is 6.04 Å². The highest BCUT2D eigenvalue weighted by atomic mass is 32.1. The summed E-state index contributed by atoms with van der Waals surface area (Å²) in [6.07, 6.45) is 5.19. The molecule has 2 N–H and O–H groups in total. The number of hydrogen-bond acceptors (Lipinski definition) is 5. The van der Waals surface area contributed by atoms with E-state index in [-0.39, 0.29) is 17.4 Å². The number of pyridine rings is 1. The molecule has 1 saturated heterocycles. The number of piperidine rings is 1. The van der Waals surface area contributed by atoms with Crippen molar-refractivity contribution in [1.82, 2.24) is 20.2 Å². The Labute approximate surface area is 162 Å². The molecule has 6 nitrogen and oxygen atoms in total. The van der Waals surface area contributed by atoms with E-state index >= 15 is 0 Å². The van der Waals surface area contributed by atoms with E-state index in [1.165, 1.54) is 17.0 Å². The molecule has 0 spiro atoms. The summed E-state index contributed by atoms with van der Waals surface area (Å²) < 4.78 is 1.74. The van der Waals surface area contributed by atoms with Crippen LogP contribution in [-0.2, 0) is 24.1 Å². The molecular formula is C20H24N4O2S. The van der Waals surface area contributed by atoms with Crippen molar-refractivity contribution < 1.29 is 4.79 Å². The maximum Gasteiger partial charge on any atom is 0.251 e. The lowest BCUT2D eigenvalue weighted by Gasteiger charge is -2.42. The molecule has 1 fully saturated rings. The second-order valence-electron chi connectivity index (χ2n) is 7.83. The molecule has 142 valence electrons. The largest absolute Gasteiger partial charge is 0.354 e. The molecular weight excluding hydrogens is 360 g/mol. The third kappa shape index (κ3) is 3.02. The summed E-state index contributed by atoms with van der Waals surface area (Å²) in [5.41, 5.74) is 2.18. The Kier molecular flexibility index (Phi) is 4.36. The second kappa shape index (κ2) is 6.87. The number of rotatable bonds is 4. The van der Waals surface area contributed by atoms with Gasteiger partial charge in [-0.3, -0.25) is 14.2 Å². The fraction of sp³-hybridized carbons (Fsp3) is 0.550. The van der Waals surface area contributed by atoms with Crippen LogP contribution in [0.1, 0.15) is 46.1 Å². The normalized spacial score (nSPS) is 25.7. The minimum Gasteiger partial charge on any atom is -0.354 e. The lowest BCUT2D eigenvalue weighted by atomic mass is 9.79. The van der Waals surface area contributed by atoms with Gasteiger partial charge in [-0.25, -0.2) is 4.98 Å². The van der Waals surface area contributed by atoms with Crippen molar-refractivity contribution in [2.24, 2.45) is 5.92 Å². The number of aryl methyl sites for hydroxylation is 2. The first-order chi connectivity index (χ1) is 13.2. The number of carbonyl (C=O) groups is 1. The summed E-state index contributed by atoms with van der Waals surface area (Å²) >= 11 is 1.79. The molecule has 3 aliphatic rings. The van der Waals surface area contributed by atoms with Gasteiger partial charge in [0, 0.05) is 54.5 Å². The molecule has 4 heterocycles. The van der Waals surface area contributed by atoms with E-state index in [0.29, 0.717) is 12.5 Å². The van der Waals surface area contributed by atoms with Crippen LogP contribution in [0.5, 0.6) is 0 Å². The first-order valence-corrected chi connectivity index (χ1v) is 10.7. The van der Waals surface area contributed by atoms with Crippen LogP contribution < -0.4 is 16.2 Å². The molecule has 27 heavy (non-hydrogen) atoms. The summed E-state index contributed by atoms with van der Waals surface area (Å²) in [4.78, 5) is 31.7. The zero-order valence-electron chi connectivity index (χ0n) is 15.2. The Hall–Kier alpha value is -1.99. The smallest absolute Gasteiger partial charge is 0.251 e. The van der Waals surface area contributed by atoms with E-state index in [0.717, 1.165) is 49.5 Å². The summed E-state index contributed by atoms with van der Waals surface area (Å²) in [5.74, 6) is 0.445. The van der Waals surface area contributed by atoms with Crippen molar-refractivity contribution in [3.05, 3.63) is 49.8 Å². The number of fused-ring (bicyclic) bond motifs is 5. The number of hydrogen-bond donors (Lipinski definition) is 2. The number of nitrogens with one attached hydrogen (secondary N) is 2. The Morgan fingerprint density at radius 2 is 2.26 bits per heavy atom. The van der Waals surface area contributed by atoms with Crippen molar-refractivity contribution in [1.29, 1.82) is 0 Å². The van der Waals surface area contributed by atoms with Gasteiger partial charge in [-0.2, -0.15) is 0 Å². The van der Waals surface area contributed by atoms with Crippen molar-refractivity contribution in [3.8, 4) is 0 Å². The molecule has 2 bridgehead atoms. The fourth-order valence-corrected chi connectivity index (χ4v) is 6.03. The lowest BCUT2D eigenvalue weighted by Crippen LogP contribution is -2.52. The number of aromatic nitrogens is 2. The Balaban J connectivity index is 1.32. The molecule has 1 aliphatic carbocycles. The molecule has 3 atom stereocenters. The first-order valence-electron chi connectivity index (χ1n) is 9.88. The standard InChI is InChI=1S/C20H24N4O2S/c25-18-6-2-4-15-12-9-13(11-21-10-12)19(24(15)18)20(26)22-8-7-17-23-14-3-1-5-16(14)27-17/h2,4,6,12-13,19,21H,1,3,5,7-11H2,(H,22,26)/t12-,13+,19-/m1/s1. The van der Waals surface area contributed by atoms with Gasteiger partial charge in [0.05, 0.1) is 10.7 Å². The molecule has 5 rings (SSSR count). The number of carbonyl (C=O) groups excluding carboxylic acids is 1. The highest BCUT2D eigenvalue weighted by Gasteiger charge is 2.41. The monoisotopic (exact) mass is 384 g/mol. The van der Waals surface area contributed by atoms with E-state index < -0.39 is 6.04 Å². The Morgan fingerprint density at radius 3 is 3.15 bits per heavy atom. The zero-order valence-corrected chi connectivity index (χ0v) is 16.1. The van der Waals surface area contributed by atoms with E-state index in [1.54, 1.807) is 28.0 Å². The van der Waals surface area contributed by atoms with Gasteiger partial charge < -0.3 is 10.6 Å². The van der Waals surface area contributed by atoms with Gasteiger partial charge in [0.15, 0.2) is 0 Å². The average Bonchev–Trinajstić information content (AvgIpc) is 3.25. The van der Waals surface area contributed by atoms with Crippen molar-refractivity contribution in [2.75, 3.05) is 19.6 Å². The van der Waals surface area contributed by atoms with Crippen molar-refractivity contribution >= 4 is 17.2 Å². The van der Waals surface area contributed by atoms with Gasteiger partial charge in [0.25, 0.3) is 5.56 Å². The number of amides is 1. The molecule has 2 aromatic heterocycles. The maximum atomic E-state index is 13.0. The molecule has 1 amide bonds. The third-order valence-corrected chi connectivity index (χ3v) is 7.31. The zero-order chi connectivity index (χ0) is 18.4. The van der Waals surface area contributed by atoms with Crippen LogP contribution in [0.15, 0.2) is 23.0 Å². The van der Waals surface area contributed by atoms with E-state index in [1.807, 2.05) is 6.07 Å². The quantitative estimate of drug-likeness (QED) is 0.836. The third-order valence-electron chi connectivity index (χ3n) is 6.10. The van der Waals surface area contributed by atoms with E-state index in [2.05, 4.69) is 10.6 Å². The van der Waals surface area contributed by atoms with Gasteiger partial charge in [0.2, 0.25) is 5.91 Å². The average molecular weight is 385 g/mol. The maximum absolute atomic E-state index is 13.0. The van der Waals surface area contributed by atoms with Gasteiger partial charge in [-0.15, -0.1) is 11.3 Å². The molecule has 0 saturated carbocycles. The molecule has 7 heteroatoms. The number of thiazole rings is 1. The first kappa shape index (κ1) is 17.1. The predicted octanol–water partition coefficient (Wildman–Crippen LogP) is 1.40. The summed E-state index contributed by atoms with van der Waals surface area (Å²) in [6.45, 7) is 2.24. The van der Waals surface area contributed by atoms with Gasteiger partial charge in [-0.05, 0) is 31.7 Å². The van der Waals surface area contributed by atoms with Gasteiger partial charge in [-0.1, -0.05) is 6.07 Å². The topological polar surface area (TPSA) is 76.0 Å². The summed E-state index contributed by atoms with van der Waals surface area (Å²) in [6, 6.07) is 4.95. The molecule has 0 aromatic carbocycles. The van der Waals surface area contributed by atoms with Crippen LogP contribution in [0.2, 0.25) is 0 Å². The second-order valence-corrected chi connectivity index (χ2v) is 8.99. The SMILES string of the molecule is O=C(NCCc1nc2c(s1)CCC2)[C@H]1[C@@H]2CNC[C@@H](C2)c2cccc(=O)n21. The highest BCUT2D eigenvalue weighted by molar-refractivity contribution is 7.11. The molecule has 2 aliphatic heterocycles. The number of nitrogens with zero attached hydrogens (tertiary/aromatic N) is 2. The minimum absolute atomic E-state index is 0.0409. The molecule has 0 radical (unpaired) electrons. The van der Waals surface area contributed by atoms with Crippen LogP contribution in [0, 0.1) is 5.92 Å². The van der Waals surface area contributed by atoms with E-state index in [4.69, 9.17) is 4.98 Å². The van der Waals surface area contributed by atoms with E-state index in [9.17, 15) is 9.59 Å². The molecule has 2 aromatic rings. The summed E-state index contributed by atoms with van der Waals surface area (Å²) in [5, 5.41) is 7.62. The fourth-order valence-electron chi connectivity index (χ4n) is 4.88. The summed E-state index contributed by atoms with van der Waals surface area (Å²) in [7, 11) is 0. The lowest BCUT2D eigenvalue weighted by molar-refractivity contribution is -0.126. The predicted molar refractivity (Wildman–Crippen MR) is 104 cm³/mol. The van der Waals surface area contributed by atoms with Crippen LogP contribution in [0.3, 0.4) is 0 Å². The Morgan fingerprint density at radius 1 is 1.33 bits per heavy atom. The molecule has 0 unspecified atom stereocenters. The van der Waals surface area contributed by atoms with Crippen LogP contribution >= 0.6 is 11.3 Å². The van der Waals surface area contributed by atoms with Crippen LogP contribution in [0.4, 0.5) is 0 Å². The highest BCUT2D eigenvalue weighted by Crippen LogP contribution is 2.38. The Bertz CT molecular complexity index is 913.